The Balaban J connectivity index is 1.20. The molecule has 2 aliphatic heterocycles. The zero-order valence-electron chi connectivity index (χ0n) is 78.2. The van der Waals surface area contributed by atoms with E-state index in [1.165, 1.54) is 57.4 Å². The number of likely N-dealkylation sites (N-methyl/N-ethyl adjacent to an activating group) is 4. The molecule has 0 saturated carbocycles. The van der Waals surface area contributed by atoms with Gasteiger partial charge in [-0.1, -0.05) is 127 Å². The number of hydrogen-bond acceptors (Lipinski definition) is 22. The van der Waals surface area contributed by atoms with Crippen molar-refractivity contribution in [2.24, 2.45) is 28.9 Å². The van der Waals surface area contributed by atoms with Gasteiger partial charge in [0, 0.05) is 112 Å². The number of aromatic amines is 3. The highest BCUT2D eigenvalue weighted by atomic mass is 32.2. The van der Waals surface area contributed by atoms with E-state index in [-0.39, 0.29) is 103 Å². The van der Waals surface area contributed by atoms with Crippen molar-refractivity contribution in [1.29, 1.82) is 5.41 Å². The lowest BCUT2D eigenvalue weighted by Gasteiger charge is -2.37. The van der Waals surface area contributed by atoms with Gasteiger partial charge >= 0.3 is 0 Å². The van der Waals surface area contributed by atoms with Gasteiger partial charge in [0.2, 0.25) is 94.5 Å². The standard InChI is InChI=1S/C92H135N25O17S/c1-10-12-33-72-85(128)107-64(32-23-37-99-92(96)97)82(125)112-71(80(123)102-48-76(95)119)50-135-51-78(121)105-68(40-55-25-15-14-16-26-55)88(131)114(7)54(5)79(122)109-70(44-75(94)118)90(133)117-38-24-35-73(117)86(129)108-66(43-58-47-98-52-103-58)84(127)110-67(39-53(3)4)87(130)113(6)49-77(120)104-65(41-56-45-100-61-29-19-17-27-59(56)61)83(126)106-63(31-21-22-36-93)81(124)111-69(42-57-46-101-62-30-20-18-28-60(57)62)89(132)116(9)74(34-13-11-2)91(134)115(72)8/h14-20,25-30,45-47,52-54,63-74,81,100-101,111,124H,10-13,21-24,31-44,48-51,93H2,1-9H3,(H2,94,118)(H2,95,119)(H,98,103)(H,102,123)(H,104,120)(H,105,121)(H,106,126)(H,107,128)(H,108,129)(H,109,122)(H,110,127)(H,112,125)(H4,96,97,99)/t54-,63-,64-,65-,66-,67-,68-,69-,70-,71-,72-,73-,74-,81?/m0/s1. The number of guanidine groups is 1. The van der Waals surface area contributed by atoms with Crippen molar-refractivity contribution >= 4 is 134 Å². The molecule has 3 aromatic carbocycles. The summed E-state index contributed by atoms with van der Waals surface area (Å²) >= 11 is 0.808. The van der Waals surface area contributed by atoms with E-state index < -0.39 is 216 Å². The predicted molar refractivity (Wildman–Crippen MR) is 506 cm³/mol. The molecule has 2 aliphatic rings. The minimum absolute atomic E-state index is 0.0000271. The van der Waals surface area contributed by atoms with Crippen molar-refractivity contribution in [3.05, 3.63) is 126 Å². The summed E-state index contributed by atoms with van der Waals surface area (Å²) in [5.74, 6) is -15.3. The highest BCUT2D eigenvalue weighted by Gasteiger charge is 2.44. The average molecular weight is 1900 g/mol. The molecule has 135 heavy (non-hydrogen) atoms. The van der Waals surface area contributed by atoms with Gasteiger partial charge in [0.05, 0.1) is 43.7 Å². The number of primary amides is 2. The van der Waals surface area contributed by atoms with Crippen molar-refractivity contribution in [3.8, 4) is 0 Å². The fourth-order valence-corrected chi connectivity index (χ4v) is 17.4. The van der Waals surface area contributed by atoms with Crippen molar-refractivity contribution < 1.29 is 81.8 Å². The number of unbranched alkanes of at least 4 members (excludes halogenated alkanes) is 3. The summed E-state index contributed by atoms with van der Waals surface area (Å²) in [6.45, 7) is 7.42. The van der Waals surface area contributed by atoms with Crippen LogP contribution in [0.2, 0.25) is 0 Å². The number of carbonyl (C=O) groups is 16. The first-order valence-electron chi connectivity index (χ1n) is 45.9. The van der Waals surface area contributed by atoms with E-state index in [0.717, 1.165) is 31.8 Å². The molecule has 2 saturated heterocycles. The van der Waals surface area contributed by atoms with E-state index in [0.29, 0.717) is 77.3 Å². The number of carbonyl (C=O) groups excluding carboxylic acids is 16. The van der Waals surface area contributed by atoms with Crippen LogP contribution in [-0.4, -0.2) is 307 Å². The van der Waals surface area contributed by atoms with E-state index in [1.54, 1.807) is 62.6 Å². The van der Waals surface area contributed by atoms with Crippen LogP contribution in [0.25, 0.3) is 21.8 Å². The van der Waals surface area contributed by atoms with Gasteiger partial charge in [0.15, 0.2) is 5.96 Å². The third-order valence-corrected chi connectivity index (χ3v) is 25.1. The highest BCUT2D eigenvalue weighted by molar-refractivity contribution is 8.00. The maximum atomic E-state index is 16.0. The normalized spacial score (nSPS) is 23.9. The molecule has 3 aromatic heterocycles. The Labute approximate surface area is 789 Å². The number of amides is 16. The second-order valence-corrected chi connectivity index (χ2v) is 35.9. The number of imidazole rings is 1. The van der Waals surface area contributed by atoms with Gasteiger partial charge < -0.3 is 121 Å². The Hall–Kier alpha value is -13.0. The maximum Gasteiger partial charge on any atom is 0.246 e. The lowest BCUT2D eigenvalue weighted by molar-refractivity contribution is -0.149. The molecule has 0 spiro atoms. The lowest BCUT2D eigenvalue weighted by atomic mass is 9.99. The molecule has 14 atom stereocenters. The first kappa shape index (κ1) is 107. The maximum absolute atomic E-state index is 16.0. The van der Waals surface area contributed by atoms with E-state index in [4.69, 9.17) is 28.3 Å². The molecule has 2 fully saturated rings. The van der Waals surface area contributed by atoms with E-state index in [1.807, 2.05) is 56.3 Å². The zero-order chi connectivity index (χ0) is 98.7. The Morgan fingerprint density at radius 2 is 1.13 bits per heavy atom. The van der Waals surface area contributed by atoms with Crippen LogP contribution in [0.4, 0.5) is 0 Å². The number of nitrogens with zero attached hydrogens (tertiary/aromatic N) is 6. The number of nitrogens with one attached hydrogen (secondary N) is 15. The molecule has 43 heteroatoms. The fourth-order valence-electron chi connectivity index (χ4n) is 16.5. The largest absolute Gasteiger partial charge is 0.376 e. The molecule has 24 N–H and O–H groups in total. The monoisotopic (exact) mass is 1890 g/mol. The van der Waals surface area contributed by atoms with Crippen LogP contribution in [0.5, 0.6) is 0 Å². The minimum atomic E-state index is -1.77. The van der Waals surface area contributed by atoms with Gasteiger partial charge in [-0.25, -0.2) is 4.98 Å². The van der Waals surface area contributed by atoms with Crippen LogP contribution in [0.1, 0.15) is 153 Å². The number of thioether (sulfide) groups is 1. The third kappa shape index (κ3) is 32.1. The molecule has 6 aromatic rings. The number of H-pyrrole nitrogens is 3. The topological polar surface area (TPSA) is 630 Å². The van der Waals surface area contributed by atoms with Gasteiger partial charge in [-0.05, 0) is 112 Å². The van der Waals surface area contributed by atoms with Crippen molar-refractivity contribution in [2.45, 2.75) is 241 Å². The SMILES string of the molecule is CCCC[C@H]1C(=O)N(C)[C@@H](CCCC)C(=O)N[C@@H](CCCNC(=N)N)C(=O)N[C@H](C(=O)NCC(N)=O)CSCC(=O)N[C@@H](Cc2ccccc2)C(=O)N(C)[C@@H](C)C(=O)N[C@@H](CC(N)=O)C(=O)N2CCC[C@H]2C(=O)N[C@@H](Cc2cnc[nH]2)C(=O)N[C@@H](CC(C)C)C(=O)N(C)CC(=O)N[C@@H](Cc2c[nH]c3ccccc23)C(=O)N[C@@H](CCCCN)C(O)N[C@@H](Cc2c[nH]c3ccccc23)C(=O)N1C. The Morgan fingerprint density at radius 3 is 1.75 bits per heavy atom. The summed E-state index contributed by atoms with van der Waals surface area (Å²) in [5.41, 5.74) is 26.5. The third-order valence-electron chi connectivity index (χ3n) is 24.1. The van der Waals surface area contributed by atoms with Crippen molar-refractivity contribution in [3.63, 3.8) is 0 Å². The number of aromatic nitrogens is 4. The second-order valence-electron chi connectivity index (χ2n) is 34.9. The molecule has 5 heterocycles. The molecule has 0 radical (unpaired) electrons. The predicted octanol–water partition coefficient (Wildman–Crippen LogP) is -1.21. The van der Waals surface area contributed by atoms with Crippen LogP contribution in [0.3, 0.4) is 0 Å². The van der Waals surface area contributed by atoms with Gasteiger partial charge in [0.1, 0.15) is 72.7 Å². The Bertz CT molecular complexity index is 5050. The lowest BCUT2D eigenvalue weighted by Crippen LogP contribution is -2.62. The van der Waals surface area contributed by atoms with Crippen LogP contribution in [0.15, 0.2) is 104 Å². The van der Waals surface area contributed by atoms with Crippen LogP contribution in [0, 0.1) is 11.3 Å². The molecule has 1 unspecified atom stereocenters. The van der Waals surface area contributed by atoms with Crippen molar-refractivity contribution in [1.82, 2.24) is 103 Å². The minimum Gasteiger partial charge on any atom is -0.376 e. The van der Waals surface area contributed by atoms with Crippen LogP contribution < -0.4 is 81.4 Å². The average Bonchev–Trinajstić information content (AvgIpc) is 1.76. The summed E-state index contributed by atoms with van der Waals surface area (Å²) in [7, 11) is 5.43. The first-order valence-corrected chi connectivity index (χ1v) is 47.1. The molecule has 8 rings (SSSR count). The van der Waals surface area contributed by atoms with Gasteiger partial charge in [-0.15, -0.1) is 11.8 Å². The zero-order valence-corrected chi connectivity index (χ0v) is 79.1. The number of aliphatic hydroxyl groups excluding tert-OH is 1. The number of rotatable bonds is 29. The number of aliphatic hydroxyl groups is 1. The smallest absolute Gasteiger partial charge is 0.246 e. The first-order chi connectivity index (χ1) is 64.4. The summed E-state index contributed by atoms with van der Waals surface area (Å²) in [4.78, 5) is 254. The van der Waals surface area contributed by atoms with E-state index in [2.05, 4.69) is 78.4 Å². The van der Waals surface area contributed by atoms with Gasteiger partial charge in [-0.2, -0.15) is 0 Å². The summed E-state index contributed by atoms with van der Waals surface area (Å²) < 4.78 is 0. The number of hydrogen-bond donors (Lipinski definition) is 20. The molecule has 16 amide bonds. The summed E-state index contributed by atoms with van der Waals surface area (Å²) in [6, 6.07) is 4.45. The van der Waals surface area contributed by atoms with E-state index >= 15 is 19.2 Å². The number of nitrogens with two attached hydrogens (primary N) is 4. The Morgan fingerprint density at radius 1 is 0.556 bits per heavy atom. The fraction of sp³-hybridized carbons (Fsp3) is 0.543. The molecule has 42 nitrogen and oxygen atoms in total. The van der Waals surface area contributed by atoms with Crippen molar-refractivity contribution in [2.75, 3.05) is 72.4 Å². The Kier molecular flexibility index (Phi) is 42.3. The number of para-hydroxylation sites is 2. The van der Waals surface area contributed by atoms with Gasteiger partial charge in [0.25, 0.3) is 0 Å². The van der Waals surface area contributed by atoms with Gasteiger partial charge in [-0.3, -0.25) is 87.4 Å². The molecule has 736 valence electrons. The number of fused-ring (bicyclic) bond motifs is 3. The summed E-state index contributed by atoms with van der Waals surface area (Å²) in [6.07, 6.45) is 5.74. The van der Waals surface area contributed by atoms with Crippen LogP contribution >= 0.6 is 11.8 Å². The molecular weight excluding hydrogens is 1760 g/mol. The molecule has 0 bridgehead atoms. The molecular formula is C92H135N25O17S. The van der Waals surface area contributed by atoms with Crippen LogP contribution in [-0.2, 0) is 102 Å². The number of benzene rings is 3. The quantitative estimate of drug-likeness (QED) is 0.0149. The summed E-state index contributed by atoms with van der Waals surface area (Å²) in [5, 5.41) is 52.4. The second kappa shape index (κ2) is 53.2. The highest BCUT2D eigenvalue weighted by Crippen LogP contribution is 2.27. The molecule has 0 aliphatic carbocycles. The van der Waals surface area contributed by atoms with E-state index in [9.17, 15) is 62.6 Å².